The first-order valence-corrected chi connectivity index (χ1v) is 18.2. The van der Waals surface area contributed by atoms with Gasteiger partial charge in [-0.1, -0.05) is 98.1 Å². The fourth-order valence-corrected chi connectivity index (χ4v) is 6.87. The van der Waals surface area contributed by atoms with Crippen molar-refractivity contribution >= 4 is 45.2 Å². The van der Waals surface area contributed by atoms with Crippen molar-refractivity contribution in [3.05, 3.63) is 181 Å². The van der Waals surface area contributed by atoms with E-state index < -0.39 is 9.84 Å². The van der Waals surface area contributed by atoms with Crippen LogP contribution in [0.4, 0.5) is 11.4 Å². The molecule has 0 aliphatic rings. The van der Waals surface area contributed by atoms with Gasteiger partial charge in [-0.3, -0.25) is 9.59 Å². The Balaban J connectivity index is 1.09. The van der Waals surface area contributed by atoms with Crippen LogP contribution in [0.15, 0.2) is 169 Å². The molecule has 0 aromatic heterocycles. The van der Waals surface area contributed by atoms with E-state index in [1.165, 1.54) is 24.3 Å². The Morgan fingerprint density at radius 2 is 0.868 bits per heavy atom. The molecule has 6 aromatic rings. The van der Waals surface area contributed by atoms with Crippen molar-refractivity contribution in [2.75, 3.05) is 10.6 Å². The Labute approximate surface area is 309 Å². The van der Waals surface area contributed by atoms with Crippen LogP contribution in [0.5, 0.6) is 23.0 Å². The van der Waals surface area contributed by atoms with Gasteiger partial charge in [0.15, 0.2) is 11.5 Å². The highest BCUT2D eigenvalue weighted by Gasteiger charge is 2.19. The second-order valence-electron chi connectivity index (χ2n) is 11.9. The number of amides is 2. The second-order valence-corrected chi connectivity index (χ2v) is 13.8. The quantitative estimate of drug-likeness (QED) is 0.116. The van der Waals surface area contributed by atoms with Crippen molar-refractivity contribution in [2.45, 2.75) is 22.6 Å². The van der Waals surface area contributed by atoms with Crippen LogP contribution in [0, 0.1) is 0 Å². The number of rotatable bonds is 14. The van der Waals surface area contributed by atoms with E-state index in [0.717, 1.165) is 22.3 Å². The molecule has 9 heteroatoms. The van der Waals surface area contributed by atoms with Crippen LogP contribution in [0.25, 0.3) is 12.2 Å². The van der Waals surface area contributed by atoms with Gasteiger partial charge in [0.2, 0.25) is 21.7 Å². The monoisotopic (exact) mass is 720 g/mol. The number of hydrogen-bond acceptors (Lipinski definition) is 6. The van der Waals surface area contributed by atoms with Gasteiger partial charge in [0, 0.05) is 0 Å². The Morgan fingerprint density at radius 1 is 0.509 bits per heavy atom. The van der Waals surface area contributed by atoms with Gasteiger partial charge in [-0.15, -0.1) is 0 Å². The van der Waals surface area contributed by atoms with Crippen LogP contribution in [-0.4, -0.2) is 20.2 Å². The number of ether oxygens (including phenoxy) is 2. The molecule has 2 N–H and O–H groups in total. The standard InChI is InChI=1S/C44H36N2O6S/c1-3-31-13-5-7-15-33(31)29-43(47)45-39-17-9-11-19-41(39)51-35-21-25-37(26-22-35)53(49,50)38-27-23-36(24-28-38)52-42-20-12-10-18-40(42)46-44(48)30-34-16-8-6-14-32(34)4-2/h3-28H,1-2,29-30H2,(H,45,47)(H,46,48). The normalized spacial score (nSPS) is 10.9. The van der Waals surface area contributed by atoms with E-state index in [-0.39, 0.29) is 34.4 Å². The second kappa shape index (κ2) is 16.5. The molecule has 0 bridgehead atoms. The predicted molar refractivity (Wildman–Crippen MR) is 209 cm³/mol. The van der Waals surface area contributed by atoms with Crippen LogP contribution in [0.3, 0.4) is 0 Å². The number of para-hydroxylation sites is 4. The lowest BCUT2D eigenvalue weighted by molar-refractivity contribution is -0.116. The van der Waals surface area contributed by atoms with Crippen LogP contribution in [-0.2, 0) is 32.3 Å². The fraction of sp³-hybridized carbons (Fsp3) is 0.0455. The average Bonchev–Trinajstić information content (AvgIpc) is 3.17. The van der Waals surface area contributed by atoms with Crippen LogP contribution in [0.1, 0.15) is 22.3 Å². The summed E-state index contributed by atoms with van der Waals surface area (Å²) in [6, 6.07) is 41.2. The van der Waals surface area contributed by atoms with Gasteiger partial charge in [-0.05, 0) is 95.1 Å². The van der Waals surface area contributed by atoms with Gasteiger partial charge in [0.25, 0.3) is 0 Å². The summed E-state index contributed by atoms with van der Waals surface area (Å²) in [6.07, 6.45) is 3.75. The molecular formula is C44H36N2O6S. The Morgan fingerprint density at radius 3 is 1.26 bits per heavy atom. The van der Waals surface area contributed by atoms with Crippen molar-refractivity contribution in [1.82, 2.24) is 0 Å². The largest absolute Gasteiger partial charge is 0.455 e. The summed E-state index contributed by atoms with van der Waals surface area (Å²) in [5.41, 5.74) is 4.44. The molecule has 6 aromatic carbocycles. The number of carbonyl (C=O) groups is 2. The zero-order valence-corrected chi connectivity index (χ0v) is 29.5. The number of sulfone groups is 1. The molecule has 0 saturated heterocycles. The average molecular weight is 721 g/mol. The minimum atomic E-state index is -3.88. The molecule has 6 rings (SSSR count). The SMILES string of the molecule is C=Cc1ccccc1CC(=O)Nc1ccccc1Oc1ccc(S(=O)(=O)c2ccc(Oc3ccccc3NC(=O)Cc3ccccc3C=C)cc2)cc1. The molecular weight excluding hydrogens is 685 g/mol. The van der Waals surface area contributed by atoms with E-state index in [0.29, 0.717) is 34.4 Å². The van der Waals surface area contributed by atoms with Crippen molar-refractivity contribution in [1.29, 1.82) is 0 Å². The maximum absolute atomic E-state index is 13.5. The summed E-state index contributed by atoms with van der Waals surface area (Å²) >= 11 is 0. The summed E-state index contributed by atoms with van der Waals surface area (Å²) in [5.74, 6) is 1.16. The Bertz CT molecular complexity index is 2220. The molecule has 2 amide bonds. The molecule has 0 aliphatic heterocycles. The minimum absolute atomic E-state index is 0.0760. The van der Waals surface area contributed by atoms with Gasteiger partial charge in [-0.25, -0.2) is 8.42 Å². The zero-order valence-electron chi connectivity index (χ0n) is 28.7. The number of benzene rings is 6. The predicted octanol–water partition coefficient (Wildman–Crippen LogP) is 9.75. The summed E-state index contributed by atoms with van der Waals surface area (Å²) in [6.45, 7) is 7.63. The lowest BCUT2D eigenvalue weighted by Gasteiger charge is -2.14. The minimum Gasteiger partial charge on any atom is -0.455 e. The molecule has 0 saturated carbocycles. The van der Waals surface area contributed by atoms with E-state index >= 15 is 0 Å². The fourth-order valence-electron chi connectivity index (χ4n) is 5.60. The first-order chi connectivity index (χ1) is 25.7. The van der Waals surface area contributed by atoms with E-state index in [1.807, 2.05) is 48.5 Å². The maximum atomic E-state index is 13.5. The van der Waals surface area contributed by atoms with Crippen molar-refractivity contribution < 1.29 is 27.5 Å². The van der Waals surface area contributed by atoms with Gasteiger partial charge in [-0.2, -0.15) is 0 Å². The van der Waals surface area contributed by atoms with E-state index in [4.69, 9.17) is 9.47 Å². The smallest absolute Gasteiger partial charge is 0.228 e. The molecule has 264 valence electrons. The molecule has 0 atom stereocenters. The zero-order chi connectivity index (χ0) is 37.2. The highest BCUT2D eigenvalue weighted by molar-refractivity contribution is 7.91. The first kappa shape index (κ1) is 36.1. The summed E-state index contributed by atoms with van der Waals surface area (Å²) in [7, 11) is -3.88. The van der Waals surface area contributed by atoms with Crippen molar-refractivity contribution in [3.63, 3.8) is 0 Å². The molecule has 0 heterocycles. The van der Waals surface area contributed by atoms with Crippen molar-refractivity contribution in [3.8, 4) is 23.0 Å². The molecule has 0 spiro atoms. The number of hydrogen-bond donors (Lipinski definition) is 2. The number of anilines is 2. The van der Waals surface area contributed by atoms with Gasteiger partial charge < -0.3 is 20.1 Å². The van der Waals surface area contributed by atoms with Crippen LogP contribution >= 0.6 is 0 Å². The van der Waals surface area contributed by atoms with Gasteiger partial charge in [0.05, 0.1) is 34.0 Å². The lowest BCUT2D eigenvalue weighted by atomic mass is 10.0. The highest BCUT2D eigenvalue weighted by atomic mass is 32.2. The van der Waals surface area contributed by atoms with E-state index in [2.05, 4.69) is 23.8 Å². The third-order valence-electron chi connectivity index (χ3n) is 8.30. The number of nitrogens with one attached hydrogen (secondary N) is 2. The molecule has 0 fully saturated rings. The lowest BCUT2D eigenvalue weighted by Crippen LogP contribution is -2.15. The molecule has 0 radical (unpaired) electrons. The van der Waals surface area contributed by atoms with Gasteiger partial charge in [0.1, 0.15) is 11.5 Å². The topological polar surface area (TPSA) is 111 Å². The summed E-state index contributed by atoms with van der Waals surface area (Å²) < 4.78 is 39.2. The molecule has 53 heavy (non-hydrogen) atoms. The Hall–Kier alpha value is -6.71. The van der Waals surface area contributed by atoms with Gasteiger partial charge >= 0.3 is 0 Å². The molecule has 8 nitrogen and oxygen atoms in total. The molecule has 0 aliphatic carbocycles. The number of carbonyl (C=O) groups excluding carboxylic acids is 2. The Kier molecular flexibility index (Phi) is 11.3. The summed E-state index contributed by atoms with van der Waals surface area (Å²) in [4.78, 5) is 25.9. The van der Waals surface area contributed by atoms with E-state index in [9.17, 15) is 18.0 Å². The third-order valence-corrected chi connectivity index (χ3v) is 10.1. The molecule has 0 unspecified atom stereocenters. The van der Waals surface area contributed by atoms with Crippen LogP contribution in [0.2, 0.25) is 0 Å². The first-order valence-electron chi connectivity index (χ1n) is 16.7. The third kappa shape index (κ3) is 8.97. The van der Waals surface area contributed by atoms with E-state index in [1.54, 1.807) is 84.9 Å². The van der Waals surface area contributed by atoms with Crippen LogP contribution < -0.4 is 20.1 Å². The maximum Gasteiger partial charge on any atom is 0.228 e. The highest BCUT2D eigenvalue weighted by Crippen LogP contribution is 2.33. The van der Waals surface area contributed by atoms with Crippen molar-refractivity contribution in [2.24, 2.45) is 0 Å². The summed E-state index contributed by atoms with van der Waals surface area (Å²) in [5, 5.41) is 5.81.